The van der Waals surface area contributed by atoms with E-state index in [0.29, 0.717) is 55.0 Å². The van der Waals surface area contributed by atoms with E-state index >= 15 is 0 Å². The van der Waals surface area contributed by atoms with E-state index in [0.717, 1.165) is 22.3 Å². The molecule has 1 fully saturated rings. The minimum atomic E-state index is -0.107. The number of nitrogens with one attached hydrogen (secondary N) is 2. The lowest BCUT2D eigenvalue weighted by Gasteiger charge is -2.34. The smallest absolute Gasteiger partial charge is 0.272 e. The van der Waals surface area contributed by atoms with E-state index in [-0.39, 0.29) is 17.2 Å². The van der Waals surface area contributed by atoms with Gasteiger partial charge < -0.3 is 19.7 Å². The van der Waals surface area contributed by atoms with Crippen molar-refractivity contribution >= 4 is 40.1 Å². The Kier molecular flexibility index (Phi) is 6.64. The van der Waals surface area contributed by atoms with Crippen LogP contribution in [0.4, 0.5) is 5.82 Å². The first-order valence-electron chi connectivity index (χ1n) is 11.7. The van der Waals surface area contributed by atoms with Crippen molar-refractivity contribution in [2.45, 2.75) is 39.7 Å². The zero-order valence-corrected chi connectivity index (χ0v) is 21.7. The predicted octanol–water partition coefficient (Wildman–Crippen LogP) is 3.64. The molecule has 1 aliphatic rings. The fourth-order valence-corrected chi connectivity index (χ4v) is 4.92. The molecular formula is C25H32ClN7O2. The van der Waals surface area contributed by atoms with Crippen LogP contribution in [0.25, 0.3) is 10.9 Å². The van der Waals surface area contributed by atoms with Crippen LogP contribution < -0.4 is 5.32 Å². The third kappa shape index (κ3) is 4.77. The summed E-state index contributed by atoms with van der Waals surface area (Å²) >= 11 is 6.49. The zero-order valence-electron chi connectivity index (χ0n) is 20.9. The number of aryl methyl sites for hydroxylation is 1. The zero-order chi connectivity index (χ0) is 25.5. The maximum absolute atomic E-state index is 13.3. The molecule has 2 aromatic heterocycles. The van der Waals surface area contributed by atoms with Gasteiger partial charge in [-0.25, -0.2) is 4.98 Å². The number of carbonyl (C=O) groups is 2. The molecule has 35 heavy (non-hydrogen) atoms. The monoisotopic (exact) mass is 497 g/mol. The van der Waals surface area contributed by atoms with Gasteiger partial charge in [-0.1, -0.05) is 39.0 Å². The van der Waals surface area contributed by atoms with Gasteiger partial charge in [0.2, 0.25) is 5.91 Å². The molecule has 2 amide bonds. The molecule has 0 atom stereocenters. The number of benzene rings is 1. The molecule has 0 radical (unpaired) electrons. The van der Waals surface area contributed by atoms with Gasteiger partial charge in [-0.3, -0.25) is 14.7 Å². The van der Waals surface area contributed by atoms with E-state index in [1.807, 2.05) is 24.6 Å². The average Bonchev–Trinajstić information content (AvgIpc) is 3.34. The highest BCUT2D eigenvalue weighted by molar-refractivity contribution is 6.32. The Hall–Kier alpha value is -3.33. The minimum Gasteiger partial charge on any atom is -0.361 e. The van der Waals surface area contributed by atoms with Crippen LogP contribution in [0, 0.1) is 6.92 Å². The molecule has 3 heterocycles. The van der Waals surface area contributed by atoms with Crippen LogP contribution in [0.15, 0.2) is 24.8 Å². The minimum absolute atomic E-state index is 0.0795. The number of aromatic nitrogens is 4. The van der Waals surface area contributed by atoms with Crippen LogP contribution in [-0.4, -0.2) is 67.5 Å². The van der Waals surface area contributed by atoms with E-state index in [1.165, 1.54) is 6.08 Å². The van der Waals surface area contributed by atoms with Gasteiger partial charge in [0, 0.05) is 43.6 Å². The van der Waals surface area contributed by atoms with Gasteiger partial charge in [-0.2, -0.15) is 5.10 Å². The second-order valence-electron chi connectivity index (χ2n) is 9.90. The van der Waals surface area contributed by atoms with E-state index < -0.39 is 0 Å². The first kappa shape index (κ1) is 24.8. The number of halogens is 1. The van der Waals surface area contributed by atoms with Crippen LogP contribution in [-0.2, 0) is 23.8 Å². The summed E-state index contributed by atoms with van der Waals surface area (Å²) in [6, 6.07) is 3.97. The van der Waals surface area contributed by atoms with Crippen LogP contribution in [0.1, 0.15) is 48.3 Å². The van der Waals surface area contributed by atoms with Crippen molar-refractivity contribution in [1.82, 2.24) is 29.5 Å². The number of carbonyl (C=O) groups excluding carboxylic acids is 2. The number of amides is 2. The number of rotatable bonds is 5. The van der Waals surface area contributed by atoms with Crippen LogP contribution in [0.2, 0.25) is 5.02 Å². The lowest BCUT2D eigenvalue weighted by Crippen LogP contribution is -2.50. The molecule has 2 N–H and O–H groups in total. The van der Waals surface area contributed by atoms with E-state index in [1.54, 1.807) is 9.80 Å². The quantitative estimate of drug-likeness (QED) is 0.524. The summed E-state index contributed by atoms with van der Waals surface area (Å²) in [5.74, 6) is 1.25. The van der Waals surface area contributed by atoms with Crippen molar-refractivity contribution in [2.75, 3.05) is 31.5 Å². The Morgan fingerprint density at radius 1 is 1.20 bits per heavy atom. The number of hydrogen-bond acceptors (Lipinski definition) is 5. The molecule has 4 rings (SSSR count). The number of nitrogens with zero attached hydrogens (tertiary/aromatic N) is 5. The van der Waals surface area contributed by atoms with Crippen molar-refractivity contribution in [3.05, 3.63) is 52.6 Å². The SMILES string of the molecule is C=CC(=O)N1CCN(C(=O)c2c(C)nc(CNc3n[nH]c4cc(Cl)c(C(C)(C)C)cc34)n2C)CC1. The molecule has 0 unspecified atom stereocenters. The van der Waals surface area contributed by atoms with Crippen molar-refractivity contribution in [3.63, 3.8) is 0 Å². The fraction of sp³-hybridized carbons (Fsp3) is 0.440. The predicted molar refractivity (Wildman–Crippen MR) is 138 cm³/mol. The first-order valence-corrected chi connectivity index (χ1v) is 12.0. The Labute approximate surface area is 210 Å². The summed E-state index contributed by atoms with van der Waals surface area (Å²) in [6.07, 6.45) is 1.31. The molecule has 0 aliphatic carbocycles. The standard InChI is InChI=1S/C25H32ClN7O2/c1-7-21(34)32-8-10-33(11-9-32)24(35)22-15(2)28-20(31(22)6)14-27-23-16-12-17(25(3,4)5)18(26)13-19(16)29-30-23/h7,12-13H,1,8-11,14H2,2-6H3,(H2,27,29,30). The maximum atomic E-state index is 13.3. The van der Waals surface area contributed by atoms with Gasteiger partial charge in [0.1, 0.15) is 11.5 Å². The normalized spacial score (nSPS) is 14.5. The van der Waals surface area contributed by atoms with Crippen LogP contribution in [0.3, 0.4) is 0 Å². The van der Waals surface area contributed by atoms with Crippen molar-refractivity contribution < 1.29 is 9.59 Å². The molecule has 186 valence electrons. The summed E-state index contributed by atoms with van der Waals surface area (Å²) in [7, 11) is 1.85. The Morgan fingerprint density at radius 3 is 2.49 bits per heavy atom. The number of H-pyrrole nitrogens is 1. The maximum Gasteiger partial charge on any atom is 0.272 e. The fourth-order valence-electron chi connectivity index (χ4n) is 4.47. The molecular weight excluding hydrogens is 466 g/mol. The number of imidazole rings is 1. The third-order valence-electron chi connectivity index (χ3n) is 6.49. The molecule has 3 aromatic rings. The number of aromatic amines is 1. The van der Waals surface area contributed by atoms with Crippen LogP contribution >= 0.6 is 11.6 Å². The first-order chi connectivity index (χ1) is 16.5. The van der Waals surface area contributed by atoms with Gasteiger partial charge in [-0.05, 0) is 36.1 Å². The second-order valence-corrected chi connectivity index (χ2v) is 10.3. The molecule has 0 saturated carbocycles. The molecule has 1 aliphatic heterocycles. The van der Waals surface area contributed by atoms with E-state index in [4.69, 9.17) is 11.6 Å². The molecule has 1 aromatic carbocycles. The van der Waals surface area contributed by atoms with Gasteiger partial charge in [-0.15, -0.1) is 0 Å². The lowest BCUT2D eigenvalue weighted by molar-refractivity contribution is -0.127. The summed E-state index contributed by atoms with van der Waals surface area (Å²) in [5, 5.41) is 12.5. The Bertz CT molecular complexity index is 1290. The van der Waals surface area contributed by atoms with Gasteiger partial charge in [0.25, 0.3) is 5.91 Å². The number of piperazine rings is 1. The molecule has 0 spiro atoms. The highest BCUT2D eigenvalue weighted by Crippen LogP contribution is 2.34. The van der Waals surface area contributed by atoms with E-state index in [9.17, 15) is 9.59 Å². The molecule has 0 bridgehead atoms. The number of anilines is 1. The van der Waals surface area contributed by atoms with Crippen molar-refractivity contribution in [2.24, 2.45) is 7.05 Å². The van der Waals surface area contributed by atoms with Gasteiger partial charge >= 0.3 is 0 Å². The van der Waals surface area contributed by atoms with Crippen LogP contribution in [0.5, 0.6) is 0 Å². The number of hydrogen-bond donors (Lipinski definition) is 2. The van der Waals surface area contributed by atoms with Gasteiger partial charge in [0.05, 0.1) is 17.8 Å². The highest BCUT2D eigenvalue weighted by atomic mass is 35.5. The molecule has 1 saturated heterocycles. The topological polar surface area (TPSA) is 99.2 Å². The van der Waals surface area contributed by atoms with Gasteiger partial charge in [0.15, 0.2) is 5.82 Å². The molecule has 10 heteroatoms. The van der Waals surface area contributed by atoms with Crippen molar-refractivity contribution in [3.8, 4) is 0 Å². The third-order valence-corrected chi connectivity index (χ3v) is 6.80. The summed E-state index contributed by atoms with van der Waals surface area (Å²) in [5.41, 5.74) is 3.03. The summed E-state index contributed by atoms with van der Waals surface area (Å²) < 4.78 is 1.83. The number of fused-ring (bicyclic) bond motifs is 1. The Balaban J connectivity index is 1.50. The highest BCUT2D eigenvalue weighted by Gasteiger charge is 2.28. The lowest BCUT2D eigenvalue weighted by atomic mass is 9.86. The Morgan fingerprint density at radius 2 is 1.86 bits per heavy atom. The second kappa shape index (κ2) is 9.37. The van der Waals surface area contributed by atoms with E-state index in [2.05, 4.69) is 53.9 Å². The van der Waals surface area contributed by atoms with Crippen molar-refractivity contribution in [1.29, 1.82) is 0 Å². The average molecular weight is 498 g/mol. The summed E-state index contributed by atoms with van der Waals surface area (Å²) in [4.78, 5) is 33.2. The summed E-state index contributed by atoms with van der Waals surface area (Å²) in [6.45, 7) is 14.1. The molecule has 9 nitrogen and oxygen atoms in total. The largest absolute Gasteiger partial charge is 0.361 e.